The number of methoxy groups -OCH3 is 1. The smallest absolute Gasteiger partial charge is 0.165 e. The second-order valence-corrected chi connectivity index (χ2v) is 6.48. The van der Waals surface area contributed by atoms with Crippen LogP contribution in [0.1, 0.15) is 50.5 Å². The summed E-state index contributed by atoms with van der Waals surface area (Å²) in [5.41, 5.74) is 7.52. The van der Waals surface area contributed by atoms with E-state index in [4.69, 9.17) is 19.9 Å². The monoisotopic (exact) mass is 305 g/mol. The fourth-order valence-electron chi connectivity index (χ4n) is 3.64. The minimum Gasteiger partial charge on any atom is -0.493 e. The van der Waals surface area contributed by atoms with Gasteiger partial charge >= 0.3 is 0 Å². The van der Waals surface area contributed by atoms with Crippen LogP contribution in [0.2, 0.25) is 0 Å². The van der Waals surface area contributed by atoms with E-state index in [-0.39, 0.29) is 11.6 Å². The van der Waals surface area contributed by atoms with Crippen molar-refractivity contribution in [2.45, 2.75) is 56.6 Å². The average Bonchev–Trinajstić information content (AvgIpc) is 2.56. The van der Waals surface area contributed by atoms with Gasteiger partial charge in [0.05, 0.1) is 20.3 Å². The molecule has 1 saturated heterocycles. The van der Waals surface area contributed by atoms with E-state index >= 15 is 0 Å². The van der Waals surface area contributed by atoms with E-state index in [0.717, 1.165) is 56.0 Å². The first-order valence-corrected chi connectivity index (χ1v) is 8.44. The molecule has 1 saturated carbocycles. The van der Waals surface area contributed by atoms with Crippen LogP contribution in [0.15, 0.2) is 18.2 Å². The van der Waals surface area contributed by atoms with Gasteiger partial charge in [-0.2, -0.15) is 0 Å². The molecule has 0 amide bonds. The molecule has 4 nitrogen and oxygen atoms in total. The molecule has 1 aliphatic heterocycles. The Labute approximate surface area is 132 Å². The van der Waals surface area contributed by atoms with Crippen LogP contribution in [0.3, 0.4) is 0 Å². The molecule has 1 heterocycles. The third-order valence-corrected chi connectivity index (χ3v) is 4.93. The van der Waals surface area contributed by atoms with Crippen molar-refractivity contribution in [3.8, 4) is 11.5 Å². The molecule has 4 heteroatoms. The van der Waals surface area contributed by atoms with Crippen LogP contribution < -0.4 is 15.2 Å². The van der Waals surface area contributed by atoms with Gasteiger partial charge in [0.15, 0.2) is 11.5 Å². The molecule has 122 valence electrons. The van der Waals surface area contributed by atoms with Crippen molar-refractivity contribution < 1.29 is 14.2 Å². The van der Waals surface area contributed by atoms with Gasteiger partial charge in [-0.3, -0.25) is 0 Å². The third-order valence-electron chi connectivity index (χ3n) is 4.93. The number of ether oxygens (including phenoxy) is 3. The molecule has 0 aromatic heterocycles. The lowest BCUT2D eigenvalue weighted by Crippen LogP contribution is -2.39. The van der Waals surface area contributed by atoms with Crippen LogP contribution in [0.5, 0.6) is 11.5 Å². The van der Waals surface area contributed by atoms with Crippen LogP contribution in [0.4, 0.5) is 0 Å². The molecule has 22 heavy (non-hydrogen) atoms. The topological polar surface area (TPSA) is 53.7 Å². The average molecular weight is 305 g/mol. The highest BCUT2D eigenvalue weighted by molar-refractivity contribution is 5.50. The molecule has 0 unspecified atom stereocenters. The standard InChI is InChI=1S/C18H27NO3/c1-20-17-15(18(19)10-3-2-4-11-18)6-5-7-16(17)22-14-8-12-21-13-9-14/h5-7,14H,2-4,8-13,19H2,1H3. The Kier molecular flexibility index (Phi) is 4.89. The Morgan fingerprint density at radius 1 is 1.14 bits per heavy atom. The van der Waals surface area contributed by atoms with E-state index < -0.39 is 0 Å². The Morgan fingerprint density at radius 3 is 2.55 bits per heavy atom. The molecule has 1 aliphatic carbocycles. The van der Waals surface area contributed by atoms with Gasteiger partial charge in [-0.25, -0.2) is 0 Å². The van der Waals surface area contributed by atoms with E-state index in [1.807, 2.05) is 12.1 Å². The number of benzene rings is 1. The second kappa shape index (κ2) is 6.88. The number of rotatable bonds is 4. The maximum Gasteiger partial charge on any atom is 0.165 e. The van der Waals surface area contributed by atoms with Crippen LogP contribution in [0, 0.1) is 0 Å². The maximum absolute atomic E-state index is 6.70. The summed E-state index contributed by atoms with van der Waals surface area (Å²) in [6.07, 6.45) is 7.75. The largest absolute Gasteiger partial charge is 0.493 e. The van der Waals surface area contributed by atoms with Crippen molar-refractivity contribution >= 4 is 0 Å². The molecule has 0 atom stereocenters. The van der Waals surface area contributed by atoms with Crippen LogP contribution in [-0.4, -0.2) is 26.4 Å². The molecule has 2 aliphatic rings. The summed E-state index contributed by atoms with van der Waals surface area (Å²) in [7, 11) is 1.71. The quantitative estimate of drug-likeness (QED) is 0.926. The van der Waals surface area contributed by atoms with Gasteiger partial charge in [-0.05, 0) is 18.9 Å². The Morgan fingerprint density at radius 2 is 1.86 bits per heavy atom. The molecule has 3 rings (SSSR count). The number of nitrogens with two attached hydrogens (primary N) is 1. The SMILES string of the molecule is COc1c(OC2CCOCC2)cccc1C1(N)CCCCC1. The summed E-state index contributed by atoms with van der Waals surface area (Å²) in [5, 5.41) is 0. The van der Waals surface area contributed by atoms with Gasteiger partial charge in [0, 0.05) is 23.9 Å². The van der Waals surface area contributed by atoms with Gasteiger partial charge in [0.1, 0.15) is 6.10 Å². The molecule has 2 fully saturated rings. The van der Waals surface area contributed by atoms with Gasteiger partial charge in [-0.1, -0.05) is 31.4 Å². The van der Waals surface area contributed by atoms with Crippen LogP contribution in [-0.2, 0) is 10.3 Å². The fourth-order valence-corrected chi connectivity index (χ4v) is 3.64. The van der Waals surface area contributed by atoms with Crippen LogP contribution >= 0.6 is 0 Å². The van der Waals surface area contributed by atoms with E-state index in [0.29, 0.717) is 0 Å². The lowest BCUT2D eigenvalue weighted by Gasteiger charge is -2.35. The fraction of sp³-hybridized carbons (Fsp3) is 0.667. The molecule has 0 spiro atoms. The van der Waals surface area contributed by atoms with Crippen molar-refractivity contribution in [3.05, 3.63) is 23.8 Å². The molecular weight excluding hydrogens is 278 g/mol. The summed E-state index contributed by atoms with van der Waals surface area (Å²) in [5.74, 6) is 1.64. The predicted molar refractivity (Wildman–Crippen MR) is 86.4 cm³/mol. The van der Waals surface area contributed by atoms with Gasteiger partial charge in [-0.15, -0.1) is 0 Å². The first-order chi connectivity index (χ1) is 10.7. The summed E-state index contributed by atoms with van der Waals surface area (Å²) in [6.45, 7) is 1.54. The van der Waals surface area contributed by atoms with Crippen molar-refractivity contribution in [1.82, 2.24) is 0 Å². The first kappa shape index (κ1) is 15.6. The van der Waals surface area contributed by atoms with Gasteiger partial charge in [0.2, 0.25) is 0 Å². The van der Waals surface area contributed by atoms with Crippen molar-refractivity contribution in [1.29, 1.82) is 0 Å². The number of hydrogen-bond donors (Lipinski definition) is 1. The molecule has 1 aromatic rings. The zero-order valence-electron chi connectivity index (χ0n) is 13.5. The summed E-state index contributed by atoms with van der Waals surface area (Å²) < 4.78 is 17.3. The minimum atomic E-state index is -0.279. The normalized spacial score (nSPS) is 22.3. The molecule has 1 aromatic carbocycles. The third kappa shape index (κ3) is 3.23. The zero-order chi connectivity index (χ0) is 15.4. The summed E-state index contributed by atoms with van der Waals surface area (Å²) in [4.78, 5) is 0. The molecule has 0 radical (unpaired) electrons. The predicted octanol–water partition coefficient (Wildman–Crippen LogP) is 3.37. The summed E-state index contributed by atoms with van der Waals surface area (Å²) in [6, 6.07) is 6.13. The van der Waals surface area contributed by atoms with Gasteiger partial charge < -0.3 is 19.9 Å². The van der Waals surface area contributed by atoms with E-state index in [2.05, 4.69) is 6.07 Å². The Hall–Kier alpha value is -1.26. The second-order valence-electron chi connectivity index (χ2n) is 6.48. The molecular formula is C18H27NO3. The number of hydrogen-bond acceptors (Lipinski definition) is 4. The summed E-state index contributed by atoms with van der Waals surface area (Å²) >= 11 is 0. The van der Waals surface area contributed by atoms with E-state index in [9.17, 15) is 0 Å². The lowest BCUT2D eigenvalue weighted by atomic mass is 9.77. The van der Waals surface area contributed by atoms with Crippen molar-refractivity contribution in [2.75, 3.05) is 20.3 Å². The zero-order valence-corrected chi connectivity index (χ0v) is 13.5. The maximum atomic E-state index is 6.70. The number of para-hydroxylation sites is 1. The lowest BCUT2D eigenvalue weighted by molar-refractivity contribution is 0.0244. The van der Waals surface area contributed by atoms with Crippen LogP contribution in [0.25, 0.3) is 0 Å². The molecule has 2 N–H and O–H groups in total. The highest BCUT2D eigenvalue weighted by Crippen LogP contribution is 2.43. The Balaban J connectivity index is 1.86. The van der Waals surface area contributed by atoms with E-state index in [1.165, 1.54) is 19.3 Å². The molecule has 0 bridgehead atoms. The highest BCUT2D eigenvalue weighted by atomic mass is 16.5. The first-order valence-electron chi connectivity index (χ1n) is 8.44. The minimum absolute atomic E-state index is 0.206. The van der Waals surface area contributed by atoms with Crippen molar-refractivity contribution in [2.24, 2.45) is 5.73 Å². The van der Waals surface area contributed by atoms with Gasteiger partial charge in [0.25, 0.3) is 0 Å². The Bertz CT molecular complexity index is 491. The van der Waals surface area contributed by atoms with Crippen molar-refractivity contribution in [3.63, 3.8) is 0 Å². The highest BCUT2D eigenvalue weighted by Gasteiger charge is 2.33. The van der Waals surface area contributed by atoms with E-state index in [1.54, 1.807) is 7.11 Å².